The molecular weight excluding hydrogens is 356 g/mol. The maximum absolute atomic E-state index is 6.16. The third-order valence-corrected chi connectivity index (χ3v) is 5.38. The van der Waals surface area contributed by atoms with Crippen molar-refractivity contribution in [3.63, 3.8) is 0 Å². The fraction of sp³-hybridized carbons (Fsp3) is 0.333. The monoisotopic (exact) mass is 378 g/mol. The molecule has 3 rings (SSSR count). The van der Waals surface area contributed by atoms with Crippen LogP contribution in [0.1, 0.15) is 0 Å². The number of nitrogen functional groups attached to an aromatic ring is 1. The number of anilines is 1. The minimum absolute atomic E-state index is 0.212. The summed E-state index contributed by atoms with van der Waals surface area (Å²) in [6.07, 6.45) is 8.81. The van der Waals surface area contributed by atoms with Crippen LogP contribution in [-0.2, 0) is 11.5 Å². The van der Waals surface area contributed by atoms with Gasteiger partial charge >= 0.3 is 0 Å². The second-order valence-corrected chi connectivity index (χ2v) is 11.7. The van der Waals surface area contributed by atoms with Gasteiger partial charge in [0.05, 0.1) is 12.3 Å². The average Bonchev–Trinajstić information content (AvgIpc) is 2.93. The van der Waals surface area contributed by atoms with Crippen molar-refractivity contribution in [2.45, 2.75) is 6.73 Å². The molecular formula is C18H23ClN4OS. The topological polar surface area (TPSA) is 66.0 Å². The molecule has 0 atom stereocenters. The second kappa shape index (κ2) is 7.23. The molecule has 0 amide bonds. The highest BCUT2D eigenvalue weighted by Gasteiger charge is 2.13. The molecule has 0 aliphatic heterocycles. The SMILES string of the molecule is CS(C)(C)CCOCn1ccc2c(-c3cccc(N)c3)nc(Cl)nc21. The molecule has 0 saturated carbocycles. The molecule has 0 saturated heterocycles. The number of nitrogens with two attached hydrogens (primary N) is 1. The lowest BCUT2D eigenvalue weighted by molar-refractivity contribution is 0.0923. The van der Waals surface area contributed by atoms with E-state index in [1.165, 1.54) is 0 Å². The van der Waals surface area contributed by atoms with E-state index in [0.29, 0.717) is 12.4 Å². The zero-order valence-electron chi connectivity index (χ0n) is 14.7. The smallest absolute Gasteiger partial charge is 0.224 e. The first-order chi connectivity index (χ1) is 11.8. The number of fused-ring (bicyclic) bond motifs is 1. The van der Waals surface area contributed by atoms with Gasteiger partial charge in [0.2, 0.25) is 5.28 Å². The molecule has 0 radical (unpaired) electrons. The first kappa shape index (κ1) is 18.0. The van der Waals surface area contributed by atoms with Crippen LogP contribution >= 0.6 is 21.6 Å². The largest absolute Gasteiger partial charge is 0.399 e. The number of hydrogen-bond acceptors (Lipinski definition) is 4. The third kappa shape index (κ3) is 4.45. The summed E-state index contributed by atoms with van der Waals surface area (Å²) in [5.41, 5.74) is 9.05. The number of aromatic nitrogens is 3. The van der Waals surface area contributed by atoms with Crippen molar-refractivity contribution in [1.29, 1.82) is 0 Å². The van der Waals surface area contributed by atoms with Crippen molar-refractivity contribution in [3.8, 4) is 11.3 Å². The molecule has 0 aliphatic carbocycles. The summed E-state index contributed by atoms with van der Waals surface area (Å²) in [5.74, 6) is 1.08. The first-order valence-corrected chi connectivity index (χ1v) is 11.4. The van der Waals surface area contributed by atoms with E-state index < -0.39 is 10.0 Å². The second-order valence-electron chi connectivity index (χ2n) is 6.82. The van der Waals surface area contributed by atoms with Crippen molar-refractivity contribution < 1.29 is 4.74 Å². The third-order valence-electron chi connectivity index (χ3n) is 3.82. The highest BCUT2D eigenvalue weighted by molar-refractivity contribution is 8.32. The molecule has 0 fully saturated rings. The van der Waals surface area contributed by atoms with Crippen molar-refractivity contribution in [3.05, 3.63) is 41.8 Å². The molecule has 0 aliphatic rings. The first-order valence-electron chi connectivity index (χ1n) is 7.95. The van der Waals surface area contributed by atoms with Crippen LogP contribution in [0.25, 0.3) is 22.3 Å². The van der Waals surface area contributed by atoms with E-state index in [1.807, 2.05) is 41.1 Å². The van der Waals surface area contributed by atoms with Gasteiger partial charge in [0, 0.05) is 28.6 Å². The Bertz CT molecular complexity index is 888. The number of halogens is 1. The van der Waals surface area contributed by atoms with Crippen molar-refractivity contribution in [1.82, 2.24) is 14.5 Å². The molecule has 0 spiro atoms. The Hall–Kier alpha value is -1.76. The molecule has 0 unspecified atom stereocenters. The highest BCUT2D eigenvalue weighted by atomic mass is 35.5. The van der Waals surface area contributed by atoms with Gasteiger partial charge in [-0.25, -0.2) is 15.0 Å². The summed E-state index contributed by atoms with van der Waals surface area (Å²) in [7, 11) is -0.554. The van der Waals surface area contributed by atoms with Gasteiger partial charge in [0.25, 0.3) is 0 Å². The van der Waals surface area contributed by atoms with Crippen LogP contribution in [0.2, 0.25) is 5.28 Å². The molecule has 134 valence electrons. The molecule has 0 bridgehead atoms. The Morgan fingerprint density at radius 1 is 1.20 bits per heavy atom. The minimum atomic E-state index is -0.554. The zero-order valence-corrected chi connectivity index (χ0v) is 16.3. The quantitative estimate of drug-likeness (QED) is 0.400. The van der Waals surface area contributed by atoms with E-state index in [4.69, 9.17) is 22.1 Å². The summed E-state index contributed by atoms with van der Waals surface area (Å²) in [5, 5.41) is 1.14. The minimum Gasteiger partial charge on any atom is -0.399 e. The van der Waals surface area contributed by atoms with Crippen LogP contribution < -0.4 is 5.73 Å². The van der Waals surface area contributed by atoms with Gasteiger partial charge in [0.1, 0.15) is 12.4 Å². The van der Waals surface area contributed by atoms with Crippen molar-refractivity contribution in [2.75, 3.05) is 36.9 Å². The predicted octanol–water partition coefficient (Wildman–Crippen LogP) is 4.00. The van der Waals surface area contributed by atoms with Crippen LogP contribution in [0.15, 0.2) is 36.5 Å². The Labute approximate surface area is 154 Å². The number of nitrogens with zero attached hydrogens (tertiary/aromatic N) is 3. The van der Waals surface area contributed by atoms with Gasteiger partial charge in [0.15, 0.2) is 0 Å². The molecule has 5 nitrogen and oxygen atoms in total. The van der Waals surface area contributed by atoms with Crippen LogP contribution in [0.3, 0.4) is 0 Å². The van der Waals surface area contributed by atoms with Gasteiger partial charge in [-0.15, -0.1) is 0 Å². The van der Waals surface area contributed by atoms with E-state index in [1.54, 1.807) is 0 Å². The van der Waals surface area contributed by atoms with Crippen LogP contribution in [0, 0.1) is 0 Å². The zero-order chi connectivity index (χ0) is 18.0. The highest BCUT2D eigenvalue weighted by Crippen LogP contribution is 2.33. The van der Waals surface area contributed by atoms with Crippen molar-refractivity contribution >= 4 is 38.3 Å². The molecule has 7 heteroatoms. The van der Waals surface area contributed by atoms with E-state index in [-0.39, 0.29) is 5.28 Å². The summed E-state index contributed by atoms with van der Waals surface area (Å²) in [6.45, 7) is 1.18. The summed E-state index contributed by atoms with van der Waals surface area (Å²) >= 11 is 6.16. The predicted molar refractivity (Wildman–Crippen MR) is 109 cm³/mol. The van der Waals surface area contributed by atoms with Gasteiger partial charge in [-0.2, -0.15) is 4.98 Å². The van der Waals surface area contributed by atoms with E-state index in [2.05, 4.69) is 28.7 Å². The average molecular weight is 379 g/mol. The Morgan fingerprint density at radius 2 is 2.00 bits per heavy atom. The van der Waals surface area contributed by atoms with Gasteiger partial charge < -0.3 is 15.0 Å². The Balaban J connectivity index is 1.88. The lowest BCUT2D eigenvalue weighted by Crippen LogP contribution is -2.09. The number of rotatable bonds is 6. The molecule has 25 heavy (non-hydrogen) atoms. The molecule has 2 aromatic heterocycles. The van der Waals surface area contributed by atoms with Gasteiger partial charge in [-0.05, 0) is 48.6 Å². The van der Waals surface area contributed by atoms with E-state index in [0.717, 1.165) is 34.7 Å². The number of benzene rings is 1. The normalized spacial score (nSPS) is 12.6. The number of hydrogen-bond donors (Lipinski definition) is 1. The summed E-state index contributed by atoms with van der Waals surface area (Å²) in [4.78, 5) is 8.79. The Kier molecular flexibility index (Phi) is 5.22. The van der Waals surface area contributed by atoms with Crippen LogP contribution in [0.4, 0.5) is 5.69 Å². The lowest BCUT2D eigenvalue weighted by Gasteiger charge is -2.24. The molecule has 1 aromatic carbocycles. The van der Waals surface area contributed by atoms with Gasteiger partial charge in [-0.1, -0.05) is 12.1 Å². The van der Waals surface area contributed by atoms with Crippen LogP contribution in [-0.4, -0.2) is 45.7 Å². The molecule has 2 N–H and O–H groups in total. The standard InChI is InChI=1S/C18H23ClN4OS/c1-25(2,3)10-9-24-12-23-8-7-15-16(21-18(19)22-17(15)23)13-5-4-6-14(20)11-13/h4-8,11H,9-10,12,20H2,1-3H3. The fourth-order valence-corrected chi connectivity index (χ4v) is 3.30. The lowest BCUT2D eigenvalue weighted by atomic mass is 10.1. The van der Waals surface area contributed by atoms with E-state index >= 15 is 0 Å². The van der Waals surface area contributed by atoms with Crippen molar-refractivity contribution in [2.24, 2.45) is 0 Å². The summed E-state index contributed by atoms with van der Waals surface area (Å²) < 4.78 is 7.78. The molecule has 2 heterocycles. The Morgan fingerprint density at radius 3 is 2.72 bits per heavy atom. The van der Waals surface area contributed by atoms with E-state index in [9.17, 15) is 0 Å². The van der Waals surface area contributed by atoms with Crippen LogP contribution in [0.5, 0.6) is 0 Å². The van der Waals surface area contributed by atoms with Gasteiger partial charge in [-0.3, -0.25) is 0 Å². The molecule has 3 aromatic rings. The number of ether oxygens (including phenoxy) is 1. The fourth-order valence-electron chi connectivity index (χ4n) is 2.52. The maximum atomic E-state index is 6.16. The summed E-state index contributed by atoms with van der Waals surface area (Å²) in [6, 6.07) is 9.59. The maximum Gasteiger partial charge on any atom is 0.224 e.